The van der Waals surface area contributed by atoms with Crippen LogP contribution in [0.4, 0.5) is 11.4 Å². The molecular weight excluding hydrogens is 238 g/mol. The van der Waals surface area contributed by atoms with E-state index in [9.17, 15) is 4.79 Å². The number of benzene rings is 1. The summed E-state index contributed by atoms with van der Waals surface area (Å²) in [5.41, 5.74) is 1.60. The lowest BCUT2D eigenvalue weighted by atomic mass is 10.0. The van der Waals surface area contributed by atoms with Gasteiger partial charge in [0, 0.05) is 20.1 Å². The predicted molar refractivity (Wildman–Crippen MR) is 79.8 cm³/mol. The number of anilines is 2. The van der Waals surface area contributed by atoms with Crippen LogP contribution in [0.15, 0.2) is 24.3 Å². The van der Waals surface area contributed by atoms with Gasteiger partial charge in [0.1, 0.15) is 0 Å². The summed E-state index contributed by atoms with van der Waals surface area (Å²) in [5, 5.41) is 3.26. The molecule has 0 atom stereocenters. The first kappa shape index (κ1) is 13.9. The van der Waals surface area contributed by atoms with Crippen molar-refractivity contribution in [1.29, 1.82) is 0 Å². The second kappa shape index (κ2) is 5.21. The number of nitrogens with one attached hydrogen (secondary N) is 1. The van der Waals surface area contributed by atoms with Crippen LogP contribution in [-0.2, 0) is 4.79 Å². The molecule has 2 rings (SSSR count). The van der Waals surface area contributed by atoms with E-state index < -0.39 is 5.54 Å². The van der Waals surface area contributed by atoms with Gasteiger partial charge in [-0.05, 0) is 32.5 Å². The molecule has 0 fully saturated rings. The van der Waals surface area contributed by atoms with E-state index in [-0.39, 0.29) is 5.91 Å². The molecular formula is C15H23N3O. The summed E-state index contributed by atoms with van der Waals surface area (Å²) < 4.78 is 0. The van der Waals surface area contributed by atoms with Crippen molar-refractivity contribution in [3.05, 3.63) is 24.3 Å². The molecule has 1 N–H and O–H groups in total. The summed E-state index contributed by atoms with van der Waals surface area (Å²) >= 11 is 0. The molecule has 0 aromatic heterocycles. The summed E-state index contributed by atoms with van der Waals surface area (Å²) in [6.07, 6.45) is 0. The van der Waals surface area contributed by atoms with E-state index in [1.54, 1.807) is 0 Å². The highest BCUT2D eigenvalue weighted by molar-refractivity contribution is 6.02. The number of para-hydroxylation sites is 2. The van der Waals surface area contributed by atoms with Gasteiger partial charge in [-0.15, -0.1) is 0 Å². The maximum Gasteiger partial charge on any atom is 0.246 e. The van der Waals surface area contributed by atoms with Gasteiger partial charge in [-0.25, -0.2) is 0 Å². The van der Waals surface area contributed by atoms with Gasteiger partial charge in [-0.2, -0.15) is 0 Å². The van der Waals surface area contributed by atoms with Gasteiger partial charge in [-0.3, -0.25) is 4.79 Å². The second-order valence-electron chi connectivity index (χ2n) is 5.52. The number of hydrogen-bond donors (Lipinski definition) is 1. The molecule has 1 aromatic carbocycles. The standard InChI is InChI=1S/C15H23N3O/c1-5-16-15(2,3)14(19)18-11-10-17(4)12-8-6-7-9-13(12)18/h6-9,16H,5,10-11H2,1-4H3. The van der Waals surface area contributed by atoms with Gasteiger partial charge in [-0.1, -0.05) is 19.1 Å². The Hall–Kier alpha value is -1.55. The summed E-state index contributed by atoms with van der Waals surface area (Å²) in [6.45, 7) is 8.30. The van der Waals surface area contributed by atoms with Crippen LogP contribution in [0, 0.1) is 0 Å². The van der Waals surface area contributed by atoms with E-state index in [4.69, 9.17) is 0 Å². The zero-order valence-electron chi connectivity index (χ0n) is 12.2. The van der Waals surface area contributed by atoms with Gasteiger partial charge in [0.25, 0.3) is 0 Å². The topological polar surface area (TPSA) is 35.6 Å². The zero-order chi connectivity index (χ0) is 14.0. The molecule has 4 heteroatoms. The average Bonchev–Trinajstić information content (AvgIpc) is 2.39. The molecule has 1 aliphatic heterocycles. The van der Waals surface area contributed by atoms with Crippen molar-refractivity contribution in [2.45, 2.75) is 26.3 Å². The largest absolute Gasteiger partial charge is 0.371 e. The van der Waals surface area contributed by atoms with Gasteiger partial charge in [0.05, 0.1) is 16.9 Å². The molecule has 19 heavy (non-hydrogen) atoms. The second-order valence-corrected chi connectivity index (χ2v) is 5.52. The molecule has 1 aliphatic rings. The van der Waals surface area contributed by atoms with Crippen molar-refractivity contribution in [1.82, 2.24) is 5.32 Å². The highest BCUT2D eigenvalue weighted by Gasteiger charge is 2.34. The minimum atomic E-state index is -0.530. The number of likely N-dealkylation sites (N-methyl/N-ethyl adjacent to an activating group) is 2. The Morgan fingerprint density at radius 1 is 1.26 bits per heavy atom. The highest BCUT2D eigenvalue weighted by atomic mass is 16.2. The fraction of sp³-hybridized carbons (Fsp3) is 0.533. The van der Waals surface area contributed by atoms with Gasteiger partial charge < -0.3 is 15.1 Å². The molecule has 104 valence electrons. The van der Waals surface area contributed by atoms with E-state index in [1.165, 1.54) is 0 Å². The molecule has 0 aliphatic carbocycles. The third-order valence-electron chi connectivity index (χ3n) is 3.64. The van der Waals surface area contributed by atoms with Crippen LogP contribution in [0.1, 0.15) is 20.8 Å². The smallest absolute Gasteiger partial charge is 0.246 e. The first-order valence-electron chi connectivity index (χ1n) is 6.84. The summed E-state index contributed by atoms with van der Waals surface area (Å²) in [5.74, 6) is 0.134. The van der Waals surface area contributed by atoms with E-state index in [0.29, 0.717) is 0 Å². The Bertz CT molecular complexity index is 470. The lowest BCUT2D eigenvalue weighted by Crippen LogP contribution is -2.56. The summed E-state index contributed by atoms with van der Waals surface area (Å²) in [4.78, 5) is 16.8. The van der Waals surface area contributed by atoms with Crippen molar-refractivity contribution >= 4 is 17.3 Å². The number of carbonyl (C=O) groups excluding carboxylic acids is 1. The lowest BCUT2D eigenvalue weighted by molar-refractivity contribution is -0.123. The number of rotatable bonds is 3. The number of amides is 1. The van der Waals surface area contributed by atoms with Crippen LogP contribution in [0.5, 0.6) is 0 Å². The van der Waals surface area contributed by atoms with E-state index in [2.05, 4.69) is 23.3 Å². The van der Waals surface area contributed by atoms with Gasteiger partial charge in [0.15, 0.2) is 0 Å². The van der Waals surface area contributed by atoms with Crippen LogP contribution in [0.25, 0.3) is 0 Å². The fourth-order valence-electron chi connectivity index (χ4n) is 2.57. The van der Waals surface area contributed by atoms with Crippen LogP contribution < -0.4 is 15.1 Å². The summed E-state index contributed by atoms with van der Waals surface area (Å²) in [6, 6.07) is 8.08. The SMILES string of the molecule is CCNC(C)(C)C(=O)N1CCN(C)c2ccccc21. The molecule has 0 unspecified atom stereocenters. The Kier molecular flexibility index (Phi) is 3.80. The van der Waals surface area contributed by atoms with Crippen molar-refractivity contribution in [3.63, 3.8) is 0 Å². The maximum absolute atomic E-state index is 12.7. The van der Waals surface area contributed by atoms with Crippen molar-refractivity contribution in [3.8, 4) is 0 Å². The van der Waals surface area contributed by atoms with Crippen molar-refractivity contribution in [2.75, 3.05) is 36.5 Å². The summed E-state index contributed by atoms with van der Waals surface area (Å²) in [7, 11) is 2.07. The Balaban J connectivity index is 2.32. The molecule has 0 saturated heterocycles. The lowest BCUT2D eigenvalue weighted by Gasteiger charge is -2.39. The van der Waals surface area contributed by atoms with Crippen LogP contribution >= 0.6 is 0 Å². The molecule has 1 aromatic rings. The Labute approximate surface area is 115 Å². The molecule has 0 saturated carbocycles. The van der Waals surface area contributed by atoms with Crippen molar-refractivity contribution < 1.29 is 4.79 Å². The van der Waals surface area contributed by atoms with Crippen LogP contribution in [0.3, 0.4) is 0 Å². The van der Waals surface area contributed by atoms with Crippen LogP contribution in [0.2, 0.25) is 0 Å². The monoisotopic (exact) mass is 261 g/mol. The fourth-order valence-corrected chi connectivity index (χ4v) is 2.57. The number of fused-ring (bicyclic) bond motifs is 1. The minimum Gasteiger partial charge on any atom is -0.371 e. The normalized spacial score (nSPS) is 15.4. The maximum atomic E-state index is 12.7. The number of nitrogens with zero attached hydrogens (tertiary/aromatic N) is 2. The molecule has 4 nitrogen and oxygen atoms in total. The van der Waals surface area contributed by atoms with Crippen LogP contribution in [-0.4, -0.2) is 38.1 Å². The van der Waals surface area contributed by atoms with E-state index in [1.807, 2.05) is 43.9 Å². The minimum absolute atomic E-state index is 0.134. The van der Waals surface area contributed by atoms with E-state index >= 15 is 0 Å². The Morgan fingerprint density at radius 3 is 2.53 bits per heavy atom. The molecule has 0 radical (unpaired) electrons. The first-order chi connectivity index (χ1) is 8.97. The zero-order valence-corrected chi connectivity index (χ0v) is 12.2. The molecule has 1 heterocycles. The predicted octanol–water partition coefficient (Wildman–Crippen LogP) is 1.86. The molecule has 0 bridgehead atoms. The first-order valence-corrected chi connectivity index (χ1v) is 6.84. The van der Waals surface area contributed by atoms with E-state index in [0.717, 1.165) is 31.0 Å². The number of carbonyl (C=O) groups is 1. The number of hydrogen-bond acceptors (Lipinski definition) is 3. The average molecular weight is 261 g/mol. The molecule has 1 amide bonds. The molecule has 0 spiro atoms. The van der Waals surface area contributed by atoms with Crippen molar-refractivity contribution in [2.24, 2.45) is 0 Å². The third-order valence-corrected chi connectivity index (χ3v) is 3.64. The Morgan fingerprint density at radius 2 is 1.89 bits per heavy atom. The quantitative estimate of drug-likeness (QED) is 0.902. The third kappa shape index (κ3) is 2.59. The highest BCUT2D eigenvalue weighted by Crippen LogP contribution is 2.32. The van der Waals surface area contributed by atoms with Gasteiger partial charge >= 0.3 is 0 Å². The van der Waals surface area contributed by atoms with Gasteiger partial charge in [0.2, 0.25) is 5.91 Å².